The molecule has 2 unspecified atom stereocenters. The molecule has 2 N–H and O–H groups in total. The summed E-state index contributed by atoms with van der Waals surface area (Å²) in [4.78, 5) is 11.8. The highest BCUT2D eigenvalue weighted by Crippen LogP contribution is 2.22. The van der Waals surface area contributed by atoms with Crippen LogP contribution < -0.4 is 5.73 Å². The highest BCUT2D eigenvalue weighted by atomic mass is 32.2. The molecule has 100 valence electrons. The molecule has 2 atom stereocenters. The molecule has 0 heterocycles. The topological polar surface area (TPSA) is 52.3 Å². The van der Waals surface area contributed by atoms with E-state index in [1.807, 2.05) is 30.3 Å². The number of ether oxygens (including phenoxy) is 1. The first-order valence-electron chi connectivity index (χ1n) is 6.15. The van der Waals surface area contributed by atoms with E-state index in [1.165, 1.54) is 7.11 Å². The van der Waals surface area contributed by atoms with Crippen LogP contribution in [-0.2, 0) is 9.53 Å². The van der Waals surface area contributed by atoms with Crippen molar-refractivity contribution in [2.45, 2.75) is 25.3 Å². The normalized spacial score (nSPS) is 13.9. The van der Waals surface area contributed by atoms with E-state index in [-0.39, 0.29) is 17.9 Å². The third kappa shape index (κ3) is 4.70. The molecule has 1 aromatic carbocycles. The largest absolute Gasteiger partial charge is 0.469 e. The van der Waals surface area contributed by atoms with Crippen molar-refractivity contribution in [3.8, 4) is 0 Å². The lowest BCUT2D eigenvalue weighted by Crippen LogP contribution is -2.23. The zero-order chi connectivity index (χ0) is 13.4. The summed E-state index contributed by atoms with van der Waals surface area (Å²) >= 11 is 1.71. The lowest BCUT2D eigenvalue weighted by Gasteiger charge is -2.16. The lowest BCUT2D eigenvalue weighted by molar-refractivity contribution is -0.141. The molecule has 3 nitrogen and oxygen atoms in total. The number of methoxy groups -OCH3 is 1. The lowest BCUT2D eigenvalue weighted by atomic mass is 10.0. The SMILES string of the molecule is CCC(N)CSCC(C(=O)OC)c1ccccc1. The number of hydrogen-bond acceptors (Lipinski definition) is 4. The van der Waals surface area contributed by atoms with Gasteiger partial charge in [0.05, 0.1) is 13.0 Å². The number of nitrogens with two attached hydrogens (primary N) is 1. The van der Waals surface area contributed by atoms with Crippen molar-refractivity contribution in [2.75, 3.05) is 18.6 Å². The Morgan fingerprint density at radius 3 is 2.56 bits per heavy atom. The van der Waals surface area contributed by atoms with Crippen LogP contribution in [0, 0.1) is 0 Å². The van der Waals surface area contributed by atoms with E-state index >= 15 is 0 Å². The smallest absolute Gasteiger partial charge is 0.313 e. The van der Waals surface area contributed by atoms with Gasteiger partial charge in [-0.1, -0.05) is 37.3 Å². The predicted molar refractivity (Wildman–Crippen MR) is 76.8 cm³/mol. The number of thioether (sulfide) groups is 1. The van der Waals surface area contributed by atoms with Gasteiger partial charge in [-0.15, -0.1) is 0 Å². The van der Waals surface area contributed by atoms with Crippen molar-refractivity contribution in [2.24, 2.45) is 5.73 Å². The minimum atomic E-state index is -0.203. The Morgan fingerprint density at radius 2 is 2.00 bits per heavy atom. The van der Waals surface area contributed by atoms with E-state index < -0.39 is 0 Å². The molecule has 0 radical (unpaired) electrons. The summed E-state index contributed by atoms with van der Waals surface area (Å²) in [5, 5.41) is 0. The number of hydrogen-bond donors (Lipinski definition) is 1. The number of carbonyl (C=O) groups excluding carboxylic acids is 1. The number of esters is 1. The molecule has 1 aromatic rings. The highest BCUT2D eigenvalue weighted by molar-refractivity contribution is 7.99. The molecule has 1 rings (SSSR count). The number of benzene rings is 1. The van der Waals surface area contributed by atoms with Gasteiger partial charge in [0, 0.05) is 17.5 Å². The third-order valence-electron chi connectivity index (χ3n) is 2.83. The van der Waals surface area contributed by atoms with Gasteiger partial charge in [0.1, 0.15) is 0 Å². The zero-order valence-corrected chi connectivity index (χ0v) is 11.8. The Hall–Kier alpha value is -1.00. The maximum atomic E-state index is 11.8. The van der Waals surface area contributed by atoms with Crippen LogP contribution in [0.4, 0.5) is 0 Å². The van der Waals surface area contributed by atoms with E-state index in [0.717, 1.165) is 17.7 Å². The average Bonchev–Trinajstić information content (AvgIpc) is 2.43. The molecular weight excluding hydrogens is 246 g/mol. The molecule has 0 aliphatic carbocycles. The maximum absolute atomic E-state index is 11.8. The van der Waals surface area contributed by atoms with E-state index in [9.17, 15) is 4.79 Å². The Balaban J connectivity index is 2.60. The van der Waals surface area contributed by atoms with Crippen LogP contribution in [0.2, 0.25) is 0 Å². The summed E-state index contributed by atoms with van der Waals surface area (Å²) in [6, 6.07) is 9.94. The van der Waals surface area contributed by atoms with E-state index in [2.05, 4.69) is 6.92 Å². The van der Waals surface area contributed by atoms with Gasteiger partial charge in [0.25, 0.3) is 0 Å². The molecule has 0 aliphatic rings. The zero-order valence-electron chi connectivity index (χ0n) is 11.0. The summed E-state index contributed by atoms with van der Waals surface area (Å²) in [5.41, 5.74) is 6.87. The Bertz CT molecular complexity index is 356. The fourth-order valence-electron chi connectivity index (χ4n) is 1.58. The van der Waals surface area contributed by atoms with Crippen LogP contribution in [0.5, 0.6) is 0 Å². The maximum Gasteiger partial charge on any atom is 0.313 e. The van der Waals surface area contributed by atoms with Gasteiger partial charge >= 0.3 is 5.97 Å². The van der Waals surface area contributed by atoms with Gasteiger partial charge in [-0.05, 0) is 12.0 Å². The molecule has 0 aliphatic heterocycles. The molecule has 0 bridgehead atoms. The van der Waals surface area contributed by atoms with E-state index in [1.54, 1.807) is 11.8 Å². The van der Waals surface area contributed by atoms with Crippen LogP contribution in [-0.4, -0.2) is 30.6 Å². The fraction of sp³-hybridized carbons (Fsp3) is 0.500. The molecule has 0 saturated heterocycles. The Kier molecular flexibility index (Phi) is 6.83. The van der Waals surface area contributed by atoms with E-state index in [0.29, 0.717) is 5.75 Å². The van der Waals surface area contributed by atoms with Crippen molar-refractivity contribution < 1.29 is 9.53 Å². The second-order valence-corrected chi connectivity index (χ2v) is 5.27. The first kappa shape index (κ1) is 15.1. The molecule has 18 heavy (non-hydrogen) atoms. The molecule has 0 aromatic heterocycles. The quantitative estimate of drug-likeness (QED) is 0.771. The summed E-state index contributed by atoms with van der Waals surface area (Å²) in [6.45, 7) is 2.07. The monoisotopic (exact) mass is 267 g/mol. The molecule has 0 amide bonds. The number of rotatable bonds is 7. The summed E-state index contributed by atoms with van der Waals surface area (Å²) in [5.74, 6) is 1.20. The summed E-state index contributed by atoms with van der Waals surface area (Å²) < 4.78 is 4.87. The van der Waals surface area contributed by atoms with Gasteiger partial charge in [0.15, 0.2) is 0 Å². The van der Waals surface area contributed by atoms with Crippen molar-refractivity contribution in [3.63, 3.8) is 0 Å². The molecule has 0 fully saturated rings. The third-order valence-corrected chi connectivity index (χ3v) is 4.06. The van der Waals surface area contributed by atoms with Crippen molar-refractivity contribution in [1.82, 2.24) is 0 Å². The van der Waals surface area contributed by atoms with Gasteiger partial charge in [-0.3, -0.25) is 4.79 Å². The second-order valence-electron chi connectivity index (χ2n) is 4.19. The summed E-state index contributed by atoms with van der Waals surface area (Å²) in [7, 11) is 1.43. The van der Waals surface area contributed by atoms with Gasteiger partial charge in [-0.2, -0.15) is 11.8 Å². The first-order valence-corrected chi connectivity index (χ1v) is 7.30. The fourth-order valence-corrected chi connectivity index (χ4v) is 2.82. The minimum absolute atomic E-state index is 0.182. The summed E-state index contributed by atoms with van der Waals surface area (Å²) in [6.07, 6.45) is 0.960. The second kappa shape index (κ2) is 8.16. The minimum Gasteiger partial charge on any atom is -0.469 e. The van der Waals surface area contributed by atoms with Crippen LogP contribution in [0.1, 0.15) is 24.8 Å². The van der Waals surface area contributed by atoms with E-state index in [4.69, 9.17) is 10.5 Å². The van der Waals surface area contributed by atoms with Crippen LogP contribution in [0.15, 0.2) is 30.3 Å². The Labute approximate surface area is 113 Å². The molecular formula is C14H21NO2S. The van der Waals surface area contributed by atoms with Crippen molar-refractivity contribution in [1.29, 1.82) is 0 Å². The average molecular weight is 267 g/mol. The van der Waals surface area contributed by atoms with Crippen LogP contribution >= 0.6 is 11.8 Å². The molecule has 0 spiro atoms. The first-order chi connectivity index (χ1) is 8.69. The van der Waals surface area contributed by atoms with Crippen molar-refractivity contribution in [3.05, 3.63) is 35.9 Å². The molecule has 0 saturated carbocycles. The van der Waals surface area contributed by atoms with Crippen LogP contribution in [0.25, 0.3) is 0 Å². The Morgan fingerprint density at radius 1 is 1.33 bits per heavy atom. The predicted octanol–water partition coefficient (Wildman–Crippen LogP) is 2.41. The highest BCUT2D eigenvalue weighted by Gasteiger charge is 2.21. The molecule has 4 heteroatoms. The van der Waals surface area contributed by atoms with Gasteiger partial charge in [0.2, 0.25) is 0 Å². The van der Waals surface area contributed by atoms with Gasteiger partial charge < -0.3 is 10.5 Å². The standard InChI is InChI=1S/C14H21NO2S/c1-3-12(15)9-18-10-13(14(16)17-2)11-7-5-4-6-8-11/h4-8,12-13H,3,9-10,15H2,1-2H3. The van der Waals surface area contributed by atoms with Crippen molar-refractivity contribution >= 4 is 17.7 Å². The van der Waals surface area contributed by atoms with Crippen LogP contribution in [0.3, 0.4) is 0 Å². The number of carbonyl (C=O) groups is 1. The van der Waals surface area contributed by atoms with Gasteiger partial charge in [-0.25, -0.2) is 0 Å².